The summed E-state index contributed by atoms with van der Waals surface area (Å²) < 4.78 is 35.9. The average molecular weight is 379 g/mol. The number of benzene rings is 1. The topological polar surface area (TPSA) is 156 Å². The van der Waals surface area contributed by atoms with Gasteiger partial charge in [-0.25, -0.2) is 9.18 Å². The Labute approximate surface area is 142 Å². The highest BCUT2D eigenvalue weighted by molar-refractivity contribution is 7.57. The lowest BCUT2D eigenvalue weighted by molar-refractivity contribution is -0.140. The minimum atomic E-state index is -3.80. The minimum Gasteiger partial charge on any atom is -0.493 e. The van der Waals surface area contributed by atoms with Crippen LogP contribution in [0, 0.1) is 5.82 Å². The molecule has 0 aromatic heterocycles. The van der Waals surface area contributed by atoms with E-state index in [1.165, 1.54) is 13.2 Å². The molecule has 0 amide bonds. The number of nitrogens with two attached hydrogens (primary N) is 1. The van der Waals surface area contributed by atoms with Gasteiger partial charge in [0.05, 0.1) is 7.11 Å². The fourth-order valence-electron chi connectivity index (χ4n) is 1.97. The number of carboxylic acids is 2. The molecule has 1 aromatic carbocycles. The molecule has 140 valence electrons. The molecule has 1 unspecified atom stereocenters. The van der Waals surface area contributed by atoms with E-state index in [1.807, 2.05) is 0 Å². The molecule has 11 heteroatoms. The van der Waals surface area contributed by atoms with Crippen LogP contribution in [0.15, 0.2) is 12.1 Å². The third-order valence-electron chi connectivity index (χ3n) is 3.17. The van der Waals surface area contributed by atoms with Gasteiger partial charge in [-0.3, -0.25) is 9.36 Å². The number of carboxylic acid groups (broad SMARTS) is 2. The van der Waals surface area contributed by atoms with Crippen LogP contribution in [-0.2, 0) is 20.3 Å². The van der Waals surface area contributed by atoms with Crippen LogP contribution in [0.25, 0.3) is 0 Å². The van der Waals surface area contributed by atoms with Gasteiger partial charge < -0.3 is 30.3 Å². The fourth-order valence-corrected chi connectivity index (χ4v) is 3.56. The van der Waals surface area contributed by atoms with E-state index in [0.717, 1.165) is 6.07 Å². The van der Waals surface area contributed by atoms with Crippen molar-refractivity contribution in [2.24, 2.45) is 5.73 Å². The van der Waals surface area contributed by atoms with E-state index < -0.39 is 49.7 Å². The molecule has 0 fully saturated rings. The quantitative estimate of drug-likeness (QED) is 0.433. The molecule has 0 spiro atoms. The molecule has 0 aliphatic carbocycles. The van der Waals surface area contributed by atoms with Crippen molar-refractivity contribution in [3.8, 4) is 11.5 Å². The Morgan fingerprint density at radius 3 is 2.52 bits per heavy atom. The standard InChI is InChI=1S/C14H19FNO8P/c1-23-11-5-8(4-9(15)13(11)24-6-12(17)18)7-25(21,22)3-2-10(16)14(19)20/h4-5,10H,2-3,6-7,16H2,1H3,(H,17,18)(H,19,20)(H,21,22)/t10-/m1/s1. The average Bonchev–Trinajstić information content (AvgIpc) is 2.50. The zero-order valence-electron chi connectivity index (χ0n) is 13.3. The first-order chi connectivity index (χ1) is 11.6. The summed E-state index contributed by atoms with van der Waals surface area (Å²) >= 11 is 0. The fraction of sp³-hybridized carbons (Fsp3) is 0.429. The second kappa shape index (κ2) is 8.80. The number of ether oxygens (including phenoxy) is 2. The van der Waals surface area contributed by atoms with E-state index >= 15 is 0 Å². The molecule has 5 N–H and O–H groups in total. The third kappa shape index (κ3) is 6.69. The van der Waals surface area contributed by atoms with Crippen molar-refractivity contribution in [1.29, 1.82) is 0 Å². The van der Waals surface area contributed by atoms with E-state index in [2.05, 4.69) is 0 Å². The number of aliphatic carboxylic acids is 2. The number of hydrogen-bond donors (Lipinski definition) is 4. The van der Waals surface area contributed by atoms with Crippen molar-refractivity contribution < 1.29 is 43.1 Å². The van der Waals surface area contributed by atoms with E-state index in [0.29, 0.717) is 0 Å². The van der Waals surface area contributed by atoms with Gasteiger partial charge in [0.25, 0.3) is 0 Å². The van der Waals surface area contributed by atoms with E-state index in [-0.39, 0.29) is 23.9 Å². The molecule has 0 aliphatic heterocycles. The first kappa shape index (κ1) is 20.9. The number of carbonyl (C=O) groups is 2. The van der Waals surface area contributed by atoms with Gasteiger partial charge in [0, 0.05) is 12.3 Å². The Kier molecular flexibility index (Phi) is 7.35. The number of rotatable bonds is 10. The molecule has 0 radical (unpaired) electrons. The lowest BCUT2D eigenvalue weighted by atomic mass is 10.2. The lowest BCUT2D eigenvalue weighted by Crippen LogP contribution is -2.30. The number of hydrogen-bond acceptors (Lipinski definition) is 6. The van der Waals surface area contributed by atoms with Crippen LogP contribution in [0.5, 0.6) is 11.5 Å². The summed E-state index contributed by atoms with van der Waals surface area (Å²) in [5, 5.41) is 17.2. The molecule has 0 saturated carbocycles. The van der Waals surface area contributed by atoms with Crippen LogP contribution in [0.3, 0.4) is 0 Å². The Morgan fingerprint density at radius 2 is 2.00 bits per heavy atom. The smallest absolute Gasteiger partial charge is 0.341 e. The molecule has 0 saturated heterocycles. The van der Waals surface area contributed by atoms with Crippen LogP contribution in [-0.4, -0.2) is 53.0 Å². The first-order valence-electron chi connectivity index (χ1n) is 7.06. The van der Waals surface area contributed by atoms with Gasteiger partial charge in [0.2, 0.25) is 7.37 Å². The predicted octanol–water partition coefficient (Wildman–Crippen LogP) is 0.870. The Morgan fingerprint density at radius 1 is 1.36 bits per heavy atom. The minimum absolute atomic E-state index is 0.117. The highest BCUT2D eigenvalue weighted by Crippen LogP contribution is 2.46. The number of methoxy groups -OCH3 is 1. The molecule has 1 rings (SSSR count). The zero-order chi connectivity index (χ0) is 19.2. The van der Waals surface area contributed by atoms with Crippen molar-refractivity contribution in [3.05, 3.63) is 23.5 Å². The summed E-state index contributed by atoms with van der Waals surface area (Å²) in [7, 11) is -2.60. The van der Waals surface area contributed by atoms with Gasteiger partial charge in [-0.1, -0.05) is 0 Å². The van der Waals surface area contributed by atoms with Crippen LogP contribution in [0.1, 0.15) is 12.0 Å². The second-order valence-corrected chi connectivity index (χ2v) is 7.71. The monoisotopic (exact) mass is 379 g/mol. The van der Waals surface area contributed by atoms with Gasteiger partial charge in [-0.05, 0) is 24.1 Å². The van der Waals surface area contributed by atoms with E-state index in [4.69, 9.17) is 25.4 Å². The summed E-state index contributed by atoms with van der Waals surface area (Å²) in [6, 6.07) is 0.915. The molecule has 0 aliphatic rings. The Balaban J connectivity index is 2.91. The largest absolute Gasteiger partial charge is 0.493 e. The van der Waals surface area contributed by atoms with Gasteiger partial charge in [-0.15, -0.1) is 0 Å². The molecule has 2 atom stereocenters. The lowest BCUT2D eigenvalue weighted by Gasteiger charge is -2.16. The van der Waals surface area contributed by atoms with Crippen molar-refractivity contribution in [1.82, 2.24) is 0 Å². The molecule has 0 heterocycles. The van der Waals surface area contributed by atoms with E-state index in [9.17, 15) is 23.4 Å². The molecule has 9 nitrogen and oxygen atoms in total. The second-order valence-electron chi connectivity index (χ2n) is 5.25. The maximum Gasteiger partial charge on any atom is 0.341 e. The Bertz CT molecular complexity index is 696. The Hall–Kier alpha value is -2.16. The SMILES string of the molecule is COc1cc(CP(=O)(O)CC[C@@H](N)C(=O)O)cc(F)c1OCC(=O)O. The van der Waals surface area contributed by atoms with Crippen molar-refractivity contribution in [2.45, 2.75) is 18.6 Å². The van der Waals surface area contributed by atoms with Crippen molar-refractivity contribution >= 4 is 19.3 Å². The van der Waals surface area contributed by atoms with Crippen LogP contribution >= 0.6 is 7.37 Å². The third-order valence-corrected chi connectivity index (χ3v) is 4.98. The summed E-state index contributed by atoms with van der Waals surface area (Å²) in [6.45, 7) is -0.780. The maximum atomic E-state index is 14.1. The summed E-state index contributed by atoms with van der Waals surface area (Å²) in [6.07, 6.45) is -0.976. The van der Waals surface area contributed by atoms with Crippen LogP contribution in [0.4, 0.5) is 4.39 Å². The number of halogens is 1. The van der Waals surface area contributed by atoms with Gasteiger partial charge >= 0.3 is 11.9 Å². The van der Waals surface area contributed by atoms with E-state index in [1.54, 1.807) is 0 Å². The normalized spacial score (nSPS) is 14.4. The van der Waals surface area contributed by atoms with Gasteiger partial charge in [0.15, 0.2) is 23.9 Å². The molecule has 1 aromatic rings. The maximum absolute atomic E-state index is 14.1. The van der Waals surface area contributed by atoms with Crippen LogP contribution < -0.4 is 15.2 Å². The molecule has 0 bridgehead atoms. The summed E-state index contributed by atoms with van der Waals surface area (Å²) in [4.78, 5) is 31.1. The van der Waals surface area contributed by atoms with Crippen molar-refractivity contribution in [3.63, 3.8) is 0 Å². The predicted molar refractivity (Wildman–Crippen MR) is 84.7 cm³/mol. The summed E-state index contributed by atoms with van der Waals surface area (Å²) in [5.41, 5.74) is 5.41. The first-order valence-corrected chi connectivity index (χ1v) is 9.09. The highest BCUT2D eigenvalue weighted by Gasteiger charge is 2.24. The molecular formula is C14H19FNO8P. The zero-order valence-corrected chi connectivity index (χ0v) is 14.2. The van der Waals surface area contributed by atoms with Crippen LogP contribution in [0.2, 0.25) is 0 Å². The highest BCUT2D eigenvalue weighted by atomic mass is 31.2. The molecular weight excluding hydrogens is 360 g/mol. The molecule has 25 heavy (non-hydrogen) atoms. The van der Waals surface area contributed by atoms with Crippen molar-refractivity contribution in [2.75, 3.05) is 19.9 Å². The van der Waals surface area contributed by atoms with Gasteiger partial charge in [0.1, 0.15) is 6.04 Å². The van der Waals surface area contributed by atoms with Gasteiger partial charge in [-0.2, -0.15) is 0 Å². The summed E-state index contributed by atoms with van der Waals surface area (Å²) in [5.74, 6) is -4.08.